The van der Waals surface area contributed by atoms with E-state index >= 15 is 0 Å². The molecule has 0 saturated heterocycles. The molecule has 3 aromatic rings. The number of pyridine rings is 1. The molecule has 0 amide bonds. The van der Waals surface area contributed by atoms with Crippen LogP contribution in [0.25, 0.3) is 0 Å². The molecule has 6 nitrogen and oxygen atoms in total. The first-order valence-corrected chi connectivity index (χ1v) is 8.37. The Morgan fingerprint density at radius 1 is 1.15 bits per heavy atom. The van der Waals surface area contributed by atoms with Gasteiger partial charge in [0, 0.05) is 11.8 Å². The number of hydrazone groups is 1. The number of hydrogen-bond donors (Lipinski definition) is 2. The van der Waals surface area contributed by atoms with Crippen LogP contribution in [0.1, 0.15) is 27.0 Å². The van der Waals surface area contributed by atoms with Crippen LogP contribution in [0.15, 0.2) is 72.0 Å². The van der Waals surface area contributed by atoms with Crippen LogP contribution in [0.4, 0.5) is 5.82 Å². The van der Waals surface area contributed by atoms with Crippen LogP contribution in [0.3, 0.4) is 0 Å². The number of rotatable bonds is 7. The molecule has 0 aliphatic rings. The number of nitrogens with one attached hydrogen (secondary N) is 1. The summed E-state index contributed by atoms with van der Waals surface area (Å²) in [5.74, 6) is 0.157. The van der Waals surface area contributed by atoms with Gasteiger partial charge in [0.05, 0.1) is 11.8 Å². The minimum Gasteiger partial charge on any atom is -0.488 e. The van der Waals surface area contributed by atoms with Crippen LogP contribution in [0.2, 0.25) is 0 Å². The van der Waals surface area contributed by atoms with Crippen molar-refractivity contribution in [1.82, 2.24) is 4.98 Å². The number of carbonyl (C=O) groups is 1. The van der Waals surface area contributed by atoms with Crippen molar-refractivity contribution in [2.24, 2.45) is 5.10 Å². The van der Waals surface area contributed by atoms with Gasteiger partial charge in [0.15, 0.2) is 0 Å². The lowest BCUT2D eigenvalue weighted by Crippen LogP contribution is -2.00. The average molecular weight is 361 g/mol. The maximum atomic E-state index is 10.8. The van der Waals surface area contributed by atoms with Gasteiger partial charge in [-0.1, -0.05) is 42.0 Å². The lowest BCUT2D eigenvalue weighted by molar-refractivity contribution is 0.0696. The Morgan fingerprint density at radius 3 is 2.63 bits per heavy atom. The highest BCUT2D eigenvalue weighted by Crippen LogP contribution is 2.18. The van der Waals surface area contributed by atoms with Crippen LogP contribution >= 0.6 is 0 Å². The zero-order chi connectivity index (χ0) is 19.1. The smallest absolute Gasteiger partial charge is 0.337 e. The van der Waals surface area contributed by atoms with Gasteiger partial charge in [-0.2, -0.15) is 5.10 Å². The Kier molecular flexibility index (Phi) is 5.79. The summed E-state index contributed by atoms with van der Waals surface area (Å²) >= 11 is 0. The molecule has 0 bridgehead atoms. The second-order valence-corrected chi connectivity index (χ2v) is 5.92. The molecule has 2 N–H and O–H groups in total. The third-order valence-electron chi connectivity index (χ3n) is 3.83. The van der Waals surface area contributed by atoms with Gasteiger partial charge in [0.25, 0.3) is 0 Å². The van der Waals surface area contributed by atoms with Crippen molar-refractivity contribution in [2.45, 2.75) is 13.5 Å². The molecule has 1 aromatic heterocycles. The predicted octanol–water partition coefficient (Wildman–Crippen LogP) is 4.11. The molecule has 0 fully saturated rings. The summed E-state index contributed by atoms with van der Waals surface area (Å²) in [7, 11) is 0. The van der Waals surface area contributed by atoms with E-state index in [0.717, 1.165) is 16.9 Å². The van der Waals surface area contributed by atoms with E-state index < -0.39 is 5.97 Å². The molecule has 136 valence electrons. The van der Waals surface area contributed by atoms with E-state index in [4.69, 9.17) is 9.84 Å². The fourth-order valence-corrected chi connectivity index (χ4v) is 2.32. The number of nitrogens with zero attached hydrogens (tertiary/aromatic N) is 2. The first-order valence-electron chi connectivity index (χ1n) is 8.37. The molecular weight excluding hydrogens is 342 g/mol. The van der Waals surface area contributed by atoms with Gasteiger partial charge in [-0.3, -0.25) is 5.43 Å². The molecule has 0 spiro atoms. The van der Waals surface area contributed by atoms with E-state index in [-0.39, 0.29) is 5.56 Å². The van der Waals surface area contributed by atoms with Gasteiger partial charge in [-0.25, -0.2) is 9.78 Å². The number of para-hydroxylation sites is 1. The highest BCUT2D eigenvalue weighted by Gasteiger charge is 2.03. The van der Waals surface area contributed by atoms with Crippen molar-refractivity contribution in [3.8, 4) is 5.75 Å². The number of aromatic nitrogens is 1. The van der Waals surface area contributed by atoms with Gasteiger partial charge >= 0.3 is 5.97 Å². The van der Waals surface area contributed by atoms with Crippen LogP contribution in [-0.4, -0.2) is 22.3 Å². The molecule has 0 saturated carbocycles. The number of carboxylic acid groups (broad SMARTS) is 1. The van der Waals surface area contributed by atoms with Crippen molar-refractivity contribution < 1.29 is 14.6 Å². The fraction of sp³-hybridized carbons (Fsp3) is 0.0952. The number of aryl methyl sites for hydroxylation is 1. The zero-order valence-electron chi connectivity index (χ0n) is 14.8. The molecule has 0 aliphatic carbocycles. The number of hydrogen-bond acceptors (Lipinski definition) is 5. The largest absolute Gasteiger partial charge is 0.488 e. The lowest BCUT2D eigenvalue weighted by Gasteiger charge is -2.09. The second kappa shape index (κ2) is 8.62. The summed E-state index contributed by atoms with van der Waals surface area (Å²) in [6.07, 6.45) is 2.91. The summed E-state index contributed by atoms with van der Waals surface area (Å²) < 4.78 is 5.91. The molecule has 3 rings (SSSR count). The van der Waals surface area contributed by atoms with E-state index in [1.807, 2.05) is 43.3 Å². The quantitative estimate of drug-likeness (QED) is 0.489. The normalized spacial score (nSPS) is 10.7. The van der Waals surface area contributed by atoms with Crippen LogP contribution in [0, 0.1) is 6.92 Å². The number of carboxylic acids is 1. The average Bonchev–Trinajstić information content (AvgIpc) is 2.69. The number of ether oxygens (including phenoxy) is 1. The summed E-state index contributed by atoms with van der Waals surface area (Å²) in [6.45, 7) is 2.52. The molecule has 2 aromatic carbocycles. The Balaban J connectivity index is 1.63. The fourth-order valence-electron chi connectivity index (χ4n) is 2.32. The van der Waals surface area contributed by atoms with Crippen molar-refractivity contribution in [2.75, 3.05) is 5.43 Å². The van der Waals surface area contributed by atoms with Crippen LogP contribution < -0.4 is 10.2 Å². The minimum absolute atomic E-state index is 0.124. The highest BCUT2D eigenvalue weighted by molar-refractivity contribution is 5.87. The van der Waals surface area contributed by atoms with E-state index in [0.29, 0.717) is 12.4 Å². The first kappa shape index (κ1) is 18.1. The van der Waals surface area contributed by atoms with E-state index in [9.17, 15) is 4.79 Å². The number of anilines is 1. The van der Waals surface area contributed by atoms with E-state index in [1.54, 1.807) is 12.3 Å². The van der Waals surface area contributed by atoms with Gasteiger partial charge < -0.3 is 9.84 Å². The third kappa shape index (κ3) is 5.15. The molecule has 0 aliphatic heterocycles. The van der Waals surface area contributed by atoms with Gasteiger partial charge in [-0.15, -0.1) is 0 Å². The monoisotopic (exact) mass is 361 g/mol. The molecule has 0 unspecified atom stereocenters. The standard InChI is InChI=1S/C21H19N3O3/c1-15-6-8-16(9-7-15)14-27-19-5-3-2-4-17(19)13-23-24-20-11-10-18(12-22-20)21(25)26/h2-13H,14H2,1H3,(H,22,24)(H,25,26)/b23-13+. The Bertz CT molecular complexity index is 936. The van der Waals surface area contributed by atoms with Crippen LogP contribution in [0.5, 0.6) is 5.75 Å². The predicted molar refractivity (Wildman–Crippen MR) is 104 cm³/mol. The van der Waals surface area contributed by atoms with Gasteiger partial charge in [0.1, 0.15) is 18.2 Å². The summed E-state index contributed by atoms with van der Waals surface area (Å²) in [6, 6.07) is 18.8. The summed E-state index contributed by atoms with van der Waals surface area (Å²) in [5, 5.41) is 13.0. The van der Waals surface area contributed by atoms with E-state index in [2.05, 4.69) is 27.6 Å². The minimum atomic E-state index is -1.02. The Hall–Kier alpha value is -3.67. The molecule has 0 atom stereocenters. The number of benzene rings is 2. The number of aromatic carboxylic acids is 1. The lowest BCUT2D eigenvalue weighted by atomic mass is 10.1. The zero-order valence-corrected chi connectivity index (χ0v) is 14.8. The summed E-state index contributed by atoms with van der Waals surface area (Å²) in [4.78, 5) is 14.8. The van der Waals surface area contributed by atoms with Gasteiger partial charge in [0.2, 0.25) is 0 Å². The maximum Gasteiger partial charge on any atom is 0.337 e. The molecule has 6 heteroatoms. The van der Waals surface area contributed by atoms with E-state index in [1.165, 1.54) is 17.8 Å². The Morgan fingerprint density at radius 2 is 1.93 bits per heavy atom. The highest BCUT2D eigenvalue weighted by atomic mass is 16.5. The molecule has 0 radical (unpaired) electrons. The maximum absolute atomic E-state index is 10.8. The third-order valence-corrected chi connectivity index (χ3v) is 3.83. The summed E-state index contributed by atoms with van der Waals surface area (Å²) in [5.41, 5.74) is 6.02. The second-order valence-electron chi connectivity index (χ2n) is 5.92. The first-order chi connectivity index (χ1) is 13.1. The van der Waals surface area contributed by atoms with Crippen molar-refractivity contribution in [3.63, 3.8) is 0 Å². The molecular formula is C21H19N3O3. The van der Waals surface area contributed by atoms with Crippen molar-refractivity contribution >= 4 is 18.0 Å². The molecule has 27 heavy (non-hydrogen) atoms. The Labute approximate surface area is 157 Å². The topological polar surface area (TPSA) is 83.8 Å². The van der Waals surface area contributed by atoms with Crippen molar-refractivity contribution in [3.05, 3.63) is 89.1 Å². The van der Waals surface area contributed by atoms with Crippen molar-refractivity contribution in [1.29, 1.82) is 0 Å². The SMILES string of the molecule is Cc1ccc(COc2ccccc2/C=N/Nc2ccc(C(=O)O)cn2)cc1. The van der Waals surface area contributed by atoms with Gasteiger partial charge in [-0.05, 0) is 36.8 Å². The van der Waals surface area contributed by atoms with Crippen LogP contribution in [-0.2, 0) is 6.61 Å². The molecule has 1 heterocycles.